The maximum atomic E-state index is 12.7. The van der Waals surface area contributed by atoms with Crippen molar-refractivity contribution in [2.45, 2.75) is 57.2 Å². The second-order valence-electron chi connectivity index (χ2n) is 8.49. The highest BCUT2D eigenvalue weighted by molar-refractivity contribution is 7.88. The fourth-order valence-electron chi connectivity index (χ4n) is 4.42. The first kappa shape index (κ1) is 21.1. The molecule has 0 saturated carbocycles. The van der Waals surface area contributed by atoms with Crippen molar-refractivity contribution in [3.63, 3.8) is 0 Å². The van der Waals surface area contributed by atoms with Crippen LogP contribution in [0.1, 0.15) is 71.3 Å². The fourth-order valence-corrected chi connectivity index (χ4v) is 6.03. The third kappa shape index (κ3) is 4.76. The standard InChI is InChI=1S/C24H30N2O3S/c1-18(22-13-12-20-6-5-7-23(20)16-22)25-24(27)21-10-8-19(9-11-21)17-30(28,29)26-14-3-2-4-15-26/h8-13,16,18H,2-7,14-15,17H2,1H3,(H,25,27)/t18-/m0/s1. The minimum atomic E-state index is -3.30. The first-order chi connectivity index (χ1) is 14.4. The summed E-state index contributed by atoms with van der Waals surface area (Å²) < 4.78 is 26.8. The van der Waals surface area contributed by atoms with Crippen LogP contribution in [0.4, 0.5) is 0 Å². The molecular weight excluding hydrogens is 396 g/mol. The van der Waals surface area contributed by atoms with E-state index in [2.05, 4.69) is 23.5 Å². The average molecular weight is 427 g/mol. The van der Waals surface area contributed by atoms with Gasteiger partial charge < -0.3 is 5.32 Å². The van der Waals surface area contributed by atoms with Crippen LogP contribution in [0.3, 0.4) is 0 Å². The van der Waals surface area contributed by atoms with Crippen LogP contribution in [-0.4, -0.2) is 31.7 Å². The van der Waals surface area contributed by atoms with Crippen molar-refractivity contribution in [2.24, 2.45) is 0 Å². The maximum Gasteiger partial charge on any atom is 0.251 e. The molecule has 5 nitrogen and oxygen atoms in total. The molecular formula is C24H30N2O3S. The van der Waals surface area contributed by atoms with E-state index in [4.69, 9.17) is 0 Å². The minimum absolute atomic E-state index is 0.0135. The van der Waals surface area contributed by atoms with Crippen LogP contribution >= 0.6 is 0 Å². The third-order valence-corrected chi connectivity index (χ3v) is 8.09. The maximum absolute atomic E-state index is 12.7. The lowest BCUT2D eigenvalue weighted by Crippen LogP contribution is -2.36. The molecule has 1 heterocycles. The van der Waals surface area contributed by atoms with Gasteiger partial charge in [-0.05, 0) is 73.4 Å². The van der Waals surface area contributed by atoms with E-state index in [9.17, 15) is 13.2 Å². The molecule has 0 aromatic heterocycles. The lowest BCUT2D eigenvalue weighted by atomic mass is 10.0. The number of rotatable bonds is 6. The zero-order valence-corrected chi connectivity index (χ0v) is 18.4. The van der Waals surface area contributed by atoms with Gasteiger partial charge in [-0.25, -0.2) is 12.7 Å². The van der Waals surface area contributed by atoms with Crippen molar-refractivity contribution >= 4 is 15.9 Å². The highest BCUT2D eigenvalue weighted by atomic mass is 32.2. The number of fused-ring (bicyclic) bond motifs is 1. The van der Waals surface area contributed by atoms with Crippen LogP contribution < -0.4 is 5.32 Å². The molecule has 0 unspecified atom stereocenters. The monoisotopic (exact) mass is 426 g/mol. The van der Waals surface area contributed by atoms with Crippen molar-refractivity contribution in [3.8, 4) is 0 Å². The van der Waals surface area contributed by atoms with Crippen LogP contribution in [0.25, 0.3) is 0 Å². The summed E-state index contributed by atoms with van der Waals surface area (Å²) in [6.45, 7) is 3.22. The molecule has 1 fully saturated rings. The molecule has 0 radical (unpaired) electrons. The molecule has 4 rings (SSSR count). The number of amides is 1. The Kier molecular flexibility index (Phi) is 6.25. The Labute approximate surface area is 179 Å². The van der Waals surface area contributed by atoms with Crippen molar-refractivity contribution in [3.05, 3.63) is 70.3 Å². The van der Waals surface area contributed by atoms with Crippen LogP contribution in [0.5, 0.6) is 0 Å². The fraction of sp³-hybridized carbons (Fsp3) is 0.458. The number of piperidine rings is 1. The van der Waals surface area contributed by atoms with E-state index in [-0.39, 0.29) is 17.7 Å². The molecule has 1 aliphatic carbocycles. The van der Waals surface area contributed by atoms with E-state index in [1.807, 2.05) is 6.92 Å². The van der Waals surface area contributed by atoms with Gasteiger partial charge in [0.2, 0.25) is 10.0 Å². The van der Waals surface area contributed by atoms with E-state index < -0.39 is 10.0 Å². The van der Waals surface area contributed by atoms with Gasteiger partial charge >= 0.3 is 0 Å². The van der Waals surface area contributed by atoms with Crippen molar-refractivity contribution < 1.29 is 13.2 Å². The molecule has 1 amide bonds. The molecule has 2 aliphatic rings. The molecule has 1 N–H and O–H groups in total. The summed E-state index contributed by atoms with van der Waals surface area (Å²) in [6.07, 6.45) is 6.43. The minimum Gasteiger partial charge on any atom is -0.346 e. The number of benzene rings is 2. The summed E-state index contributed by atoms with van der Waals surface area (Å²) in [5.41, 5.74) is 5.19. The number of aryl methyl sites for hydroxylation is 2. The van der Waals surface area contributed by atoms with E-state index in [1.54, 1.807) is 28.6 Å². The molecule has 1 atom stereocenters. The zero-order chi connectivity index (χ0) is 21.1. The number of nitrogens with zero attached hydrogens (tertiary/aromatic N) is 1. The van der Waals surface area contributed by atoms with Crippen LogP contribution in [0.2, 0.25) is 0 Å². The third-order valence-electron chi connectivity index (χ3n) is 6.24. The van der Waals surface area contributed by atoms with Gasteiger partial charge in [-0.15, -0.1) is 0 Å². The van der Waals surface area contributed by atoms with E-state index in [1.165, 1.54) is 17.5 Å². The molecule has 0 spiro atoms. The van der Waals surface area contributed by atoms with Crippen molar-refractivity contribution in [1.82, 2.24) is 9.62 Å². The average Bonchev–Trinajstić information content (AvgIpc) is 3.22. The Balaban J connectivity index is 1.38. The summed E-state index contributed by atoms with van der Waals surface area (Å²) in [4.78, 5) is 12.7. The normalized spacial score (nSPS) is 18.0. The van der Waals surface area contributed by atoms with Gasteiger partial charge in [0.15, 0.2) is 0 Å². The lowest BCUT2D eigenvalue weighted by molar-refractivity contribution is 0.0940. The molecule has 6 heteroatoms. The summed E-state index contributed by atoms with van der Waals surface area (Å²) in [6, 6.07) is 13.3. The Morgan fingerprint density at radius 1 is 0.967 bits per heavy atom. The molecule has 0 bridgehead atoms. The Morgan fingerprint density at radius 2 is 1.67 bits per heavy atom. The second kappa shape index (κ2) is 8.90. The Bertz CT molecular complexity index is 1010. The quantitative estimate of drug-likeness (QED) is 0.760. The van der Waals surface area contributed by atoms with E-state index in [0.717, 1.165) is 37.7 Å². The number of carbonyl (C=O) groups is 1. The Morgan fingerprint density at radius 3 is 2.40 bits per heavy atom. The lowest BCUT2D eigenvalue weighted by Gasteiger charge is -2.25. The van der Waals surface area contributed by atoms with Crippen molar-refractivity contribution in [2.75, 3.05) is 13.1 Å². The topological polar surface area (TPSA) is 66.5 Å². The second-order valence-corrected chi connectivity index (χ2v) is 10.5. The number of hydrogen-bond acceptors (Lipinski definition) is 3. The smallest absolute Gasteiger partial charge is 0.251 e. The summed E-state index contributed by atoms with van der Waals surface area (Å²) >= 11 is 0. The van der Waals surface area contributed by atoms with Crippen molar-refractivity contribution in [1.29, 1.82) is 0 Å². The predicted octanol–water partition coefficient (Wildman–Crippen LogP) is 3.98. The van der Waals surface area contributed by atoms with Gasteiger partial charge in [0.25, 0.3) is 5.91 Å². The molecule has 2 aromatic carbocycles. The zero-order valence-electron chi connectivity index (χ0n) is 17.6. The number of carbonyl (C=O) groups excluding carboxylic acids is 1. The highest BCUT2D eigenvalue weighted by Gasteiger charge is 2.24. The van der Waals surface area contributed by atoms with Gasteiger partial charge in [0.1, 0.15) is 0 Å². The van der Waals surface area contributed by atoms with Gasteiger partial charge in [0.05, 0.1) is 11.8 Å². The van der Waals surface area contributed by atoms with Gasteiger partial charge in [-0.3, -0.25) is 4.79 Å². The van der Waals surface area contributed by atoms with Gasteiger partial charge in [-0.1, -0.05) is 36.8 Å². The molecule has 1 saturated heterocycles. The predicted molar refractivity (Wildman–Crippen MR) is 119 cm³/mol. The van der Waals surface area contributed by atoms with Gasteiger partial charge in [0, 0.05) is 18.7 Å². The van der Waals surface area contributed by atoms with E-state index in [0.29, 0.717) is 24.2 Å². The summed E-state index contributed by atoms with van der Waals surface area (Å²) in [5, 5.41) is 3.06. The molecule has 30 heavy (non-hydrogen) atoms. The summed E-state index contributed by atoms with van der Waals surface area (Å²) in [5.74, 6) is -0.158. The van der Waals surface area contributed by atoms with Crippen LogP contribution in [-0.2, 0) is 28.6 Å². The summed E-state index contributed by atoms with van der Waals surface area (Å²) in [7, 11) is -3.30. The SMILES string of the molecule is C[C@H](NC(=O)c1ccc(CS(=O)(=O)N2CCCCC2)cc1)c1ccc2c(c1)CCC2. The van der Waals surface area contributed by atoms with Crippen LogP contribution in [0, 0.1) is 0 Å². The number of hydrogen-bond donors (Lipinski definition) is 1. The van der Waals surface area contributed by atoms with Gasteiger partial charge in [-0.2, -0.15) is 0 Å². The largest absolute Gasteiger partial charge is 0.346 e. The first-order valence-electron chi connectivity index (χ1n) is 10.9. The molecule has 2 aromatic rings. The molecule has 160 valence electrons. The number of nitrogens with one attached hydrogen (secondary N) is 1. The Hall–Kier alpha value is -2.18. The molecule has 1 aliphatic heterocycles. The highest BCUT2D eigenvalue weighted by Crippen LogP contribution is 2.25. The first-order valence-corrected chi connectivity index (χ1v) is 12.5. The van der Waals surface area contributed by atoms with Crippen LogP contribution in [0.15, 0.2) is 42.5 Å². The van der Waals surface area contributed by atoms with E-state index >= 15 is 0 Å². The number of sulfonamides is 1.